The van der Waals surface area contributed by atoms with E-state index >= 15 is 0 Å². The van der Waals surface area contributed by atoms with Crippen LogP contribution in [0.25, 0.3) is 0 Å². The molecular formula is C9H15N3O. The lowest BCUT2D eigenvalue weighted by Gasteiger charge is -2.22. The Kier molecular flexibility index (Phi) is 2.49. The summed E-state index contributed by atoms with van der Waals surface area (Å²) in [7, 11) is 1.89. The molecule has 1 saturated heterocycles. The standard InChI is InChI=1S/C9H15N3O/c1-12-7-9(6-11-12)13-8-3-2-4-10-5-8/h6-8,10H,2-5H2,1H3. The van der Waals surface area contributed by atoms with Gasteiger partial charge in [0.05, 0.1) is 12.4 Å². The molecule has 13 heavy (non-hydrogen) atoms. The van der Waals surface area contributed by atoms with Crippen LogP contribution in [0.3, 0.4) is 0 Å². The molecule has 0 aromatic carbocycles. The van der Waals surface area contributed by atoms with Crippen molar-refractivity contribution in [2.24, 2.45) is 7.05 Å². The normalized spacial score (nSPS) is 23.0. The number of nitrogens with one attached hydrogen (secondary N) is 1. The zero-order valence-electron chi connectivity index (χ0n) is 7.86. The van der Waals surface area contributed by atoms with Gasteiger partial charge in [-0.05, 0) is 19.4 Å². The number of hydrogen-bond acceptors (Lipinski definition) is 3. The van der Waals surface area contributed by atoms with Gasteiger partial charge < -0.3 is 10.1 Å². The minimum absolute atomic E-state index is 0.318. The van der Waals surface area contributed by atoms with Crippen LogP contribution in [-0.2, 0) is 7.05 Å². The van der Waals surface area contributed by atoms with E-state index in [1.54, 1.807) is 10.9 Å². The fraction of sp³-hybridized carbons (Fsp3) is 0.667. The van der Waals surface area contributed by atoms with Crippen LogP contribution in [0.2, 0.25) is 0 Å². The molecule has 1 fully saturated rings. The third kappa shape index (κ3) is 2.21. The highest BCUT2D eigenvalue weighted by Gasteiger charge is 2.14. The Balaban J connectivity index is 1.89. The van der Waals surface area contributed by atoms with E-state index in [1.807, 2.05) is 13.2 Å². The Hall–Kier alpha value is -1.03. The van der Waals surface area contributed by atoms with Gasteiger partial charge in [-0.25, -0.2) is 0 Å². The molecule has 0 radical (unpaired) electrons. The maximum Gasteiger partial charge on any atom is 0.157 e. The van der Waals surface area contributed by atoms with Gasteiger partial charge in [0.25, 0.3) is 0 Å². The summed E-state index contributed by atoms with van der Waals surface area (Å²) in [6, 6.07) is 0. The number of rotatable bonds is 2. The molecule has 1 aromatic heterocycles. The lowest BCUT2D eigenvalue weighted by Crippen LogP contribution is -2.37. The molecule has 1 aromatic rings. The monoisotopic (exact) mass is 181 g/mol. The third-order valence-corrected chi connectivity index (χ3v) is 2.24. The highest BCUT2D eigenvalue weighted by molar-refractivity contribution is 5.12. The summed E-state index contributed by atoms with van der Waals surface area (Å²) in [5, 5.41) is 7.36. The molecule has 72 valence electrons. The molecule has 0 spiro atoms. The van der Waals surface area contributed by atoms with Gasteiger partial charge in [0, 0.05) is 13.6 Å². The smallest absolute Gasteiger partial charge is 0.157 e. The summed E-state index contributed by atoms with van der Waals surface area (Å²) in [4.78, 5) is 0. The summed E-state index contributed by atoms with van der Waals surface area (Å²) in [6.07, 6.45) is 6.31. The minimum Gasteiger partial charge on any atom is -0.486 e. The highest BCUT2D eigenvalue weighted by atomic mass is 16.5. The van der Waals surface area contributed by atoms with Crippen molar-refractivity contribution in [2.45, 2.75) is 18.9 Å². The van der Waals surface area contributed by atoms with Crippen molar-refractivity contribution in [3.05, 3.63) is 12.4 Å². The molecule has 2 heterocycles. The zero-order chi connectivity index (χ0) is 9.10. The van der Waals surface area contributed by atoms with Crippen LogP contribution in [-0.4, -0.2) is 29.0 Å². The van der Waals surface area contributed by atoms with Crippen molar-refractivity contribution in [1.82, 2.24) is 15.1 Å². The first-order valence-electron chi connectivity index (χ1n) is 4.70. The summed E-state index contributed by atoms with van der Waals surface area (Å²) in [5.74, 6) is 0.871. The molecule has 1 atom stereocenters. The van der Waals surface area contributed by atoms with Crippen LogP contribution in [0, 0.1) is 0 Å². The Morgan fingerprint density at radius 2 is 2.62 bits per heavy atom. The largest absolute Gasteiger partial charge is 0.486 e. The molecule has 0 saturated carbocycles. The summed E-state index contributed by atoms with van der Waals surface area (Å²) < 4.78 is 7.49. The molecule has 1 N–H and O–H groups in total. The summed E-state index contributed by atoms with van der Waals surface area (Å²) >= 11 is 0. The maximum atomic E-state index is 5.73. The van der Waals surface area contributed by atoms with Crippen molar-refractivity contribution >= 4 is 0 Å². The van der Waals surface area contributed by atoms with Crippen molar-refractivity contribution in [3.8, 4) is 5.75 Å². The fourth-order valence-electron chi connectivity index (χ4n) is 1.57. The lowest BCUT2D eigenvalue weighted by molar-refractivity contribution is 0.167. The van der Waals surface area contributed by atoms with Crippen molar-refractivity contribution in [1.29, 1.82) is 0 Å². The van der Waals surface area contributed by atoms with Crippen LogP contribution >= 0.6 is 0 Å². The first kappa shape index (κ1) is 8.56. The fourth-order valence-corrected chi connectivity index (χ4v) is 1.57. The van der Waals surface area contributed by atoms with Crippen LogP contribution in [0.5, 0.6) is 5.75 Å². The van der Waals surface area contributed by atoms with Crippen molar-refractivity contribution in [2.75, 3.05) is 13.1 Å². The van der Waals surface area contributed by atoms with Crippen LogP contribution in [0.4, 0.5) is 0 Å². The average molecular weight is 181 g/mol. The molecule has 0 bridgehead atoms. The van der Waals surface area contributed by atoms with Gasteiger partial charge in [0.15, 0.2) is 5.75 Å². The second-order valence-corrected chi connectivity index (χ2v) is 3.44. The van der Waals surface area contributed by atoms with E-state index in [9.17, 15) is 0 Å². The molecule has 4 heteroatoms. The Labute approximate surface area is 77.9 Å². The van der Waals surface area contributed by atoms with Gasteiger partial charge in [0.2, 0.25) is 0 Å². The van der Waals surface area contributed by atoms with Gasteiger partial charge in [-0.1, -0.05) is 0 Å². The maximum absolute atomic E-state index is 5.73. The topological polar surface area (TPSA) is 39.1 Å². The third-order valence-electron chi connectivity index (χ3n) is 2.24. The highest BCUT2D eigenvalue weighted by Crippen LogP contribution is 2.13. The predicted octanol–water partition coefficient (Wildman–Crippen LogP) is 0.551. The first-order valence-corrected chi connectivity index (χ1v) is 4.70. The van der Waals surface area contributed by atoms with Crippen LogP contribution < -0.4 is 10.1 Å². The van der Waals surface area contributed by atoms with E-state index in [0.29, 0.717) is 6.10 Å². The Morgan fingerprint density at radius 3 is 3.23 bits per heavy atom. The molecular weight excluding hydrogens is 166 g/mol. The molecule has 0 aliphatic carbocycles. The number of aryl methyl sites for hydroxylation is 1. The van der Waals surface area contributed by atoms with Gasteiger partial charge >= 0.3 is 0 Å². The van der Waals surface area contributed by atoms with Crippen LogP contribution in [0.1, 0.15) is 12.8 Å². The van der Waals surface area contributed by atoms with Gasteiger partial charge in [-0.3, -0.25) is 4.68 Å². The summed E-state index contributed by atoms with van der Waals surface area (Å²) in [6.45, 7) is 2.07. The average Bonchev–Trinajstić information content (AvgIpc) is 2.53. The first-order chi connectivity index (χ1) is 6.34. The van der Waals surface area contributed by atoms with Gasteiger partial charge in [-0.15, -0.1) is 0 Å². The number of piperidine rings is 1. The van der Waals surface area contributed by atoms with Gasteiger partial charge in [0.1, 0.15) is 6.10 Å². The predicted molar refractivity (Wildman–Crippen MR) is 49.7 cm³/mol. The number of hydrogen-bond donors (Lipinski definition) is 1. The van der Waals surface area contributed by atoms with Crippen molar-refractivity contribution < 1.29 is 4.74 Å². The van der Waals surface area contributed by atoms with E-state index in [1.165, 1.54) is 6.42 Å². The SMILES string of the molecule is Cn1cc(OC2CCCNC2)cn1. The minimum atomic E-state index is 0.318. The molecule has 2 rings (SSSR count). The second kappa shape index (κ2) is 3.79. The molecule has 1 unspecified atom stereocenters. The quantitative estimate of drug-likeness (QED) is 0.724. The summed E-state index contributed by atoms with van der Waals surface area (Å²) in [5.41, 5.74) is 0. The number of nitrogens with zero attached hydrogens (tertiary/aromatic N) is 2. The lowest BCUT2D eigenvalue weighted by atomic mass is 10.1. The molecule has 0 amide bonds. The molecule has 4 nitrogen and oxygen atoms in total. The Bertz CT molecular complexity index is 266. The van der Waals surface area contributed by atoms with Crippen molar-refractivity contribution in [3.63, 3.8) is 0 Å². The number of ether oxygens (including phenoxy) is 1. The van der Waals surface area contributed by atoms with E-state index in [0.717, 1.165) is 25.3 Å². The molecule has 1 aliphatic rings. The zero-order valence-corrected chi connectivity index (χ0v) is 7.86. The van der Waals surface area contributed by atoms with E-state index < -0.39 is 0 Å². The molecule has 1 aliphatic heterocycles. The second-order valence-electron chi connectivity index (χ2n) is 3.44. The van der Waals surface area contributed by atoms with Gasteiger partial charge in [-0.2, -0.15) is 5.10 Å². The van der Waals surface area contributed by atoms with E-state index in [2.05, 4.69) is 10.4 Å². The van der Waals surface area contributed by atoms with Crippen LogP contribution in [0.15, 0.2) is 12.4 Å². The number of aromatic nitrogens is 2. The van der Waals surface area contributed by atoms with E-state index in [4.69, 9.17) is 4.74 Å². The van der Waals surface area contributed by atoms with E-state index in [-0.39, 0.29) is 0 Å². The Morgan fingerprint density at radius 1 is 1.69 bits per heavy atom.